The zero-order valence-electron chi connectivity index (χ0n) is 24.4. The molecular weight excluding hydrogens is 486 g/mol. The average molecular weight is 536 g/mol. The molecule has 210 valence electrons. The summed E-state index contributed by atoms with van der Waals surface area (Å²) in [4.78, 5) is 12.4. The van der Waals surface area contributed by atoms with Crippen LogP contribution in [0.2, 0.25) is 18.1 Å². The Morgan fingerprint density at radius 3 is 2.43 bits per heavy atom. The van der Waals surface area contributed by atoms with Crippen LogP contribution in [0.4, 0.5) is 0 Å². The minimum absolute atomic E-state index is 0.0245. The minimum Gasteiger partial charge on any atom is -0.411 e. The Morgan fingerprint density at radius 1 is 1.19 bits per heavy atom. The van der Waals surface area contributed by atoms with Crippen LogP contribution in [0.3, 0.4) is 0 Å². The first-order valence-electron chi connectivity index (χ1n) is 13.6. The van der Waals surface area contributed by atoms with Crippen molar-refractivity contribution in [2.24, 2.45) is 0 Å². The van der Waals surface area contributed by atoms with Crippen LogP contribution in [0.1, 0.15) is 67.7 Å². The first kappa shape index (κ1) is 30.3. The van der Waals surface area contributed by atoms with Gasteiger partial charge in [0.05, 0.1) is 49.3 Å². The molecule has 3 saturated heterocycles. The highest BCUT2D eigenvalue weighted by molar-refractivity contribution is 6.74. The Bertz CT molecular complexity index is 869. The number of carbonyl (C=O) groups is 1. The summed E-state index contributed by atoms with van der Waals surface area (Å²) in [5, 5.41) is 3.09. The van der Waals surface area contributed by atoms with Crippen LogP contribution >= 0.6 is 0 Å². The summed E-state index contributed by atoms with van der Waals surface area (Å²) >= 11 is 0. The standard InChI is InChI=1S/C29H49NO6Si/c1-21(10-13-24-16-29(20-34-29)19-28(6,7)35-24)11-15-26-32-17-23(18-33-26)30-25(31)14-12-22(2)36-37(8,9)27(3,4)5/h10-14,22-24,26H,15-20H2,1-9H3,(H,30,31)/t22?,23?,24-,26?,29-/m1/s1. The van der Waals surface area contributed by atoms with Gasteiger partial charge >= 0.3 is 0 Å². The maximum absolute atomic E-state index is 12.4. The number of carbonyl (C=O) groups excluding carboxylic acids is 1. The fourth-order valence-corrected chi connectivity index (χ4v) is 6.02. The first-order chi connectivity index (χ1) is 17.1. The van der Waals surface area contributed by atoms with Crippen molar-refractivity contribution in [1.29, 1.82) is 0 Å². The Balaban J connectivity index is 1.36. The van der Waals surface area contributed by atoms with Gasteiger partial charge in [-0.15, -0.1) is 0 Å². The molecule has 1 N–H and O–H groups in total. The highest BCUT2D eigenvalue weighted by Crippen LogP contribution is 2.46. The molecule has 0 saturated carbocycles. The molecule has 0 bridgehead atoms. The van der Waals surface area contributed by atoms with Gasteiger partial charge in [-0.1, -0.05) is 50.6 Å². The van der Waals surface area contributed by atoms with Gasteiger partial charge in [0.1, 0.15) is 0 Å². The first-order valence-corrected chi connectivity index (χ1v) is 16.6. The summed E-state index contributed by atoms with van der Waals surface area (Å²) in [5.41, 5.74) is 1.000. The van der Waals surface area contributed by atoms with Gasteiger partial charge in [-0.3, -0.25) is 4.79 Å². The summed E-state index contributed by atoms with van der Waals surface area (Å²) in [6.45, 7) is 21.1. The summed E-state index contributed by atoms with van der Waals surface area (Å²) in [6, 6.07) is -0.168. The quantitative estimate of drug-likeness (QED) is 0.184. The fourth-order valence-electron chi connectivity index (χ4n) is 4.66. The zero-order valence-corrected chi connectivity index (χ0v) is 25.4. The van der Waals surface area contributed by atoms with Gasteiger partial charge in [0, 0.05) is 25.3 Å². The molecule has 7 nitrogen and oxygen atoms in total. The molecule has 0 aromatic carbocycles. The number of epoxide rings is 1. The van der Waals surface area contributed by atoms with Crippen molar-refractivity contribution in [3.63, 3.8) is 0 Å². The van der Waals surface area contributed by atoms with E-state index in [2.05, 4.69) is 78.2 Å². The molecule has 8 heteroatoms. The number of amides is 1. The van der Waals surface area contributed by atoms with E-state index < -0.39 is 8.32 Å². The molecule has 0 aromatic rings. The third-order valence-electron chi connectivity index (χ3n) is 7.67. The molecule has 3 aliphatic heterocycles. The Morgan fingerprint density at radius 2 is 1.84 bits per heavy atom. The maximum atomic E-state index is 12.4. The summed E-state index contributed by atoms with van der Waals surface area (Å²) in [5.74, 6) is -0.159. The lowest BCUT2D eigenvalue weighted by molar-refractivity contribution is -0.187. The van der Waals surface area contributed by atoms with Crippen molar-refractivity contribution in [2.45, 2.75) is 122 Å². The predicted octanol–water partition coefficient (Wildman–Crippen LogP) is 5.43. The lowest BCUT2D eigenvalue weighted by Crippen LogP contribution is -2.46. The second-order valence-corrected chi connectivity index (χ2v) is 17.8. The van der Waals surface area contributed by atoms with Crippen LogP contribution in [0.25, 0.3) is 0 Å². The van der Waals surface area contributed by atoms with Gasteiger partial charge in [0.15, 0.2) is 14.6 Å². The summed E-state index contributed by atoms with van der Waals surface area (Å²) < 4.78 is 29.9. The Hall–Kier alpha value is -1.29. The zero-order chi connectivity index (χ0) is 27.5. The van der Waals surface area contributed by atoms with Crippen molar-refractivity contribution >= 4 is 14.2 Å². The van der Waals surface area contributed by atoms with Crippen molar-refractivity contribution < 1.29 is 28.2 Å². The van der Waals surface area contributed by atoms with Gasteiger partial charge in [0.2, 0.25) is 5.91 Å². The minimum atomic E-state index is -1.87. The smallest absolute Gasteiger partial charge is 0.244 e. The third-order valence-corrected chi connectivity index (χ3v) is 12.2. The molecule has 3 heterocycles. The Kier molecular flexibility index (Phi) is 9.68. The van der Waals surface area contributed by atoms with E-state index >= 15 is 0 Å². The summed E-state index contributed by atoms with van der Waals surface area (Å²) in [7, 11) is -1.87. The second-order valence-electron chi connectivity index (χ2n) is 13.1. The molecule has 37 heavy (non-hydrogen) atoms. The second kappa shape index (κ2) is 11.8. The monoisotopic (exact) mass is 535 g/mol. The molecule has 0 aliphatic carbocycles. The summed E-state index contributed by atoms with van der Waals surface area (Å²) in [6.07, 6.45) is 11.9. The van der Waals surface area contributed by atoms with Crippen LogP contribution in [0, 0.1) is 0 Å². The van der Waals surface area contributed by atoms with E-state index in [0.717, 1.165) is 25.0 Å². The van der Waals surface area contributed by atoms with E-state index in [1.54, 1.807) is 6.08 Å². The molecular formula is C29H49NO6Si. The lowest BCUT2D eigenvalue weighted by Gasteiger charge is -2.38. The molecule has 3 atom stereocenters. The van der Waals surface area contributed by atoms with Crippen LogP contribution in [0.5, 0.6) is 0 Å². The van der Waals surface area contributed by atoms with Crippen LogP contribution in [-0.4, -0.2) is 69.8 Å². The average Bonchev–Trinajstić information content (AvgIpc) is 3.51. The maximum Gasteiger partial charge on any atom is 0.244 e. The number of allylic oxidation sites excluding steroid dienone is 2. The van der Waals surface area contributed by atoms with Crippen LogP contribution < -0.4 is 5.32 Å². The van der Waals surface area contributed by atoms with Crippen molar-refractivity contribution in [3.05, 3.63) is 36.0 Å². The van der Waals surface area contributed by atoms with Gasteiger partial charge < -0.3 is 28.7 Å². The van der Waals surface area contributed by atoms with Crippen LogP contribution in [0.15, 0.2) is 36.0 Å². The SMILES string of the molecule is CC(C=C[C@@H]1C[C@]2(CO2)CC(C)(C)O1)=CCC1OCC(NC(=O)C=CC(C)O[Si](C)(C)C(C)(C)C)CO1. The van der Waals surface area contributed by atoms with Gasteiger partial charge in [0.25, 0.3) is 0 Å². The molecule has 0 aromatic heterocycles. The molecule has 1 amide bonds. The van der Waals surface area contributed by atoms with Crippen LogP contribution in [-0.2, 0) is 28.2 Å². The molecule has 0 radical (unpaired) electrons. The number of nitrogens with one attached hydrogen (secondary N) is 1. The number of ether oxygens (including phenoxy) is 4. The van der Waals surface area contributed by atoms with Crippen molar-refractivity contribution in [1.82, 2.24) is 5.32 Å². The van der Waals surface area contributed by atoms with Crippen molar-refractivity contribution in [2.75, 3.05) is 19.8 Å². The topological polar surface area (TPSA) is 78.5 Å². The highest BCUT2D eigenvalue weighted by Gasteiger charge is 2.53. The lowest BCUT2D eigenvalue weighted by atomic mass is 9.85. The van der Waals surface area contributed by atoms with E-state index in [9.17, 15) is 4.79 Å². The van der Waals surface area contributed by atoms with E-state index in [0.29, 0.717) is 19.6 Å². The highest BCUT2D eigenvalue weighted by atomic mass is 28.4. The number of hydrogen-bond donors (Lipinski definition) is 1. The molecule has 3 aliphatic rings. The van der Waals surface area contributed by atoms with Gasteiger partial charge in [-0.25, -0.2) is 0 Å². The normalized spacial score (nSPS) is 31.7. The van der Waals surface area contributed by atoms with Gasteiger partial charge in [-0.05, 0) is 45.8 Å². The van der Waals surface area contributed by atoms with E-state index in [4.69, 9.17) is 23.4 Å². The number of rotatable bonds is 9. The molecule has 1 spiro atoms. The molecule has 3 rings (SSSR count). The Labute approximate surface area is 225 Å². The largest absolute Gasteiger partial charge is 0.411 e. The van der Waals surface area contributed by atoms with E-state index in [-0.39, 0.29) is 46.7 Å². The van der Waals surface area contributed by atoms with Gasteiger partial charge in [-0.2, -0.15) is 0 Å². The third kappa shape index (κ3) is 9.44. The fraction of sp³-hybridized carbons (Fsp3) is 0.759. The number of hydrogen-bond acceptors (Lipinski definition) is 6. The van der Waals surface area contributed by atoms with E-state index in [1.165, 1.54) is 0 Å². The molecule has 1 unspecified atom stereocenters. The predicted molar refractivity (Wildman–Crippen MR) is 149 cm³/mol. The molecule has 3 fully saturated rings. The van der Waals surface area contributed by atoms with Crippen molar-refractivity contribution in [3.8, 4) is 0 Å². The van der Waals surface area contributed by atoms with E-state index in [1.807, 2.05) is 13.0 Å².